The fourth-order valence-electron chi connectivity index (χ4n) is 5.26. The molecule has 0 aliphatic heterocycles. The minimum Gasteiger partial charge on any atom is -0.0639 e. The third-order valence-electron chi connectivity index (χ3n) is 6.22. The SMILES string of the molecule is CC1=Cc2ccccc2C1C(c1ccccc1)(c1ccccc1)C(C)(C)C. The molecule has 0 amide bonds. The first-order chi connectivity index (χ1) is 13.0. The quantitative estimate of drug-likeness (QED) is 0.467. The van der Waals surface area contributed by atoms with E-state index < -0.39 is 0 Å². The monoisotopic (exact) mass is 352 g/mol. The predicted octanol–water partition coefficient (Wildman–Crippen LogP) is 7.22. The van der Waals surface area contributed by atoms with Crippen LogP contribution in [0.25, 0.3) is 6.08 Å². The summed E-state index contributed by atoms with van der Waals surface area (Å²) in [5.41, 5.74) is 6.89. The normalized spacial score (nSPS) is 16.7. The smallest absolute Gasteiger partial charge is 0.0357 e. The molecule has 0 aromatic heterocycles. The van der Waals surface area contributed by atoms with Gasteiger partial charge in [0.05, 0.1) is 0 Å². The number of rotatable bonds is 3. The van der Waals surface area contributed by atoms with E-state index in [1.165, 1.54) is 27.8 Å². The molecule has 0 fully saturated rings. The molecular formula is C27H28. The van der Waals surface area contributed by atoms with E-state index >= 15 is 0 Å². The van der Waals surface area contributed by atoms with Crippen LogP contribution in [0.1, 0.15) is 55.9 Å². The van der Waals surface area contributed by atoms with Crippen molar-refractivity contribution in [3.05, 3.63) is 113 Å². The molecule has 0 heteroatoms. The zero-order chi connectivity index (χ0) is 19.1. The van der Waals surface area contributed by atoms with Crippen molar-refractivity contribution in [3.63, 3.8) is 0 Å². The maximum atomic E-state index is 2.39. The van der Waals surface area contributed by atoms with E-state index in [2.05, 4.69) is 119 Å². The van der Waals surface area contributed by atoms with E-state index in [9.17, 15) is 0 Å². The summed E-state index contributed by atoms with van der Waals surface area (Å²) in [7, 11) is 0. The summed E-state index contributed by atoms with van der Waals surface area (Å²) in [4.78, 5) is 0. The zero-order valence-corrected chi connectivity index (χ0v) is 16.7. The predicted molar refractivity (Wildman–Crippen MR) is 116 cm³/mol. The summed E-state index contributed by atoms with van der Waals surface area (Å²) in [6, 6.07) is 31.1. The summed E-state index contributed by atoms with van der Waals surface area (Å²) >= 11 is 0. The maximum Gasteiger partial charge on any atom is 0.0357 e. The molecule has 0 N–H and O–H groups in total. The van der Waals surface area contributed by atoms with Gasteiger partial charge in [-0.25, -0.2) is 0 Å². The van der Waals surface area contributed by atoms with Crippen LogP contribution >= 0.6 is 0 Å². The summed E-state index contributed by atoms with van der Waals surface area (Å²) in [5, 5.41) is 0. The molecule has 1 atom stereocenters. The van der Waals surface area contributed by atoms with Crippen molar-refractivity contribution >= 4 is 6.08 Å². The van der Waals surface area contributed by atoms with Crippen LogP contribution < -0.4 is 0 Å². The molecule has 0 saturated carbocycles. The van der Waals surface area contributed by atoms with Crippen LogP contribution in [0.2, 0.25) is 0 Å². The van der Waals surface area contributed by atoms with E-state index in [-0.39, 0.29) is 10.8 Å². The first kappa shape index (κ1) is 17.8. The summed E-state index contributed by atoms with van der Waals surface area (Å²) in [5.74, 6) is 0.318. The second kappa shape index (κ2) is 6.53. The van der Waals surface area contributed by atoms with Gasteiger partial charge in [0.15, 0.2) is 0 Å². The number of hydrogen-bond donors (Lipinski definition) is 0. The van der Waals surface area contributed by atoms with E-state index in [1.54, 1.807) is 0 Å². The van der Waals surface area contributed by atoms with Gasteiger partial charge in [-0.15, -0.1) is 0 Å². The molecule has 0 radical (unpaired) electrons. The molecule has 136 valence electrons. The van der Waals surface area contributed by atoms with Crippen molar-refractivity contribution in [2.75, 3.05) is 0 Å². The first-order valence-corrected chi connectivity index (χ1v) is 9.84. The summed E-state index contributed by atoms with van der Waals surface area (Å²) < 4.78 is 0. The third kappa shape index (κ3) is 2.67. The van der Waals surface area contributed by atoms with Crippen molar-refractivity contribution in [1.29, 1.82) is 0 Å². The van der Waals surface area contributed by atoms with Crippen LogP contribution in [0.4, 0.5) is 0 Å². The highest BCUT2D eigenvalue weighted by Gasteiger charge is 2.52. The van der Waals surface area contributed by atoms with Gasteiger partial charge in [-0.3, -0.25) is 0 Å². The molecule has 3 aromatic carbocycles. The lowest BCUT2D eigenvalue weighted by atomic mass is 9.51. The number of fused-ring (bicyclic) bond motifs is 1. The Morgan fingerprint density at radius 2 is 1.11 bits per heavy atom. The lowest BCUT2D eigenvalue weighted by Crippen LogP contribution is -2.46. The van der Waals surface area contributed by atoms with Gasteiger partial charge in [-0.2, -0.15) is 0 Å². The molecule has 1 aliphatic rings. The van der Waals surface area contributed by atoms with E-state index in [0.717, 1.165) is 0 Å². The molecule has 0 saturated heterocycles. The standard InChI is InChI=1S/C27H28/c1-20-19-21-13-11-12-18-24(21)25(20)27(26(2,3)4,22-14-7-5-8-15-22)23-16-9-6-10-17-23/h5-19,25H,1-4H3. The van der Waals surface area contributed by atoms with Crippen LogP contribution in [0.5, 0.6) is 0 Å². The molecule has 1 unspecified atom stereocenters. The van der Waals surface area contributed by atoms with E-state index in [4.69, 9.17) is 0 Å². The average molecular weight is 353 g/mol. The molecule has 3 aromatic rings. The van der Waals surface area contributed by atoms with Crippen molar-refractivity contribution in [2.24, 2.45) is 5.41 Å². The van der Waals surface area contributed by atoms with Crippen LogP contribution in [0, 0.1) is 5.41 Å². The summed E-state index contributed by atoms with van der Waals surface area (Å²) in [6.45, 7) is 9.47. The molecule has 4 rings (SSSR count). The van der Waals surface area contributed by atoms with Crippen LogP contribution in [0.15, 0.2) is 90.5 Å². The average Bonchev–Trinajstić information content (AvgIpc) is 3.00. The van der Waals surface area contributed by atoms with Gasteiger partial charge in [0.1, 0.15) is 0 Å². The van der Waals surface area contributed by atoms with Gasteiger partial charge in [-0.1, -0.05) is 117 Å². The molecule has 1 aliphatic carbocycles. The maximum absolute atomic E-state index is 2.39. The van der Waals surface area contributed by atoms with Gasteiger partial charge < -0.3 is 0 Å². The highest BCUT2D eigenvalue weighted by Crippen LogP contribution is 2.60. The number of hydrogen-bond acceptors (Lipinski definition) is 0. The van der Waals surface area contributed by atoms with Crippen LogP contribution in [-0.2, 0) is 5.41 Å². The topological polar surface area (TPSA) is 0 Å². The third-order valence-corrected chi connectivity index (χ3v) is 6.22. The fourth-order valence-corrected chi connectivity index (χ4v) is 5.26. The van der Waals surface area contributed by atoms with Gasteiger partial charge in [0, 0.05) is 11.3 Å². The van der Waals surface area contributed by atoms with Gasteiger partial charge >= 0.3 is 0 Å². The molecule has 0 nitrogen and oxygen atoms in total. The fraction of sp³-hybridized carbons (Fsp3) is 0.259. The number of benzene rings is 3. The van der Waals surface area contributed by atoms with Gasteiger partial charge in [0.25, 0.3) is 0 Å². The Morgan fingerprint density at radius 3 is 1.63 bits per heavy atom. The van der Waals surface area contributed by atoms with Crippen LogP contribution in [0.3, 0.4) is 0 Å². The minimum atomic E-state index is -0.150. The Labute approximate surface area is 163 Å². The lowest BCUT2D eigenvalue weighted by Gasteiger charge is -2.51. The molecule has 0 heterocycles. The zero-order valence-electron chi connectivity index (χ0n) is 16.7. The van der Waals surface area contributed by atoms with Crippen molar-refractivity contribution in [3.8, 4) is 0 Å². The summed E-state index contributed by atoms with van der Waals surface area (Å²) in [6.07, 6.45) is 2.38. The Hall–Kier alpha value is -2.60. The van der Waals surface area contributed by atoms with E-state index in [0.29, 0.717) is 5.92 Å². The molecular weight excluding hydrogens is 324 g/mol. The van der Waals surface area contributed by atoms with Crippen molar-refractivity contribution in [1.82, 2.24) is 0 Å². The lowest BCUT2D eigenvalue weighted by molar-refractivity contribution is 0.203. The Morgan fingerprint density at radius 1 is 0.630 bits per heavy atom. The highest BCUT2D eigenvalue weighted by molar-refractivity contribution is 5.69. The van der Waals surface area contributed by atoms with Crippen LogP contribution in [-0.4, -0.2) is 0 Å². The second-order valence-electron chi connectivity index (χ2n) is 8.74. The van der Waals surface area contributed by atoms with Crippen molar-refractivity contribution in [2.45, 2.75) is 39.0 Å². The largest absolute Gasteiger partial charge is 0.0639 e. The Bertz CT molecular complexity index is 916. The molecule has 0 spiro atoms. The molecule has 27 heavy (non-hydrogen) atoms. The Balaban J connectivity index is 2.11. The van der Waals surface area contributed by atoms with E-state index in [1.807, 2.05) is 0 Å². The Kier molecular flexibility index (Phi) is 4.30. The first-order valence-electron chi connectivity index (χ1n) is 9.84. The number of allylic oxidation sites excluding steroid dienone is 1. The van der Waals surface area contributed by atoms with Crippen molar-refractivity contribution < 1.29 is 0 Å². The minimum absolute atomic E-state index is 0.0208. The van der Waals surface area contributed by atoms with Gasteiger partial charge in [-0.05, 0) is 34.6 Å². The molecule has 0 bridgehead atoms. The second-order valence-corrected chi connectivity index (χ2v) is 8.74. The van der Waals surface area contributed by atoms with Gasteiger partial charge in [0.2, 0.25) is 0 Å². The highest BCUT2D eigenvalue weighted by atomic mass is 14.5.